The molecule has 1 aliphatic rings. The van der Waals surface area contributed by atoms with Crippen LogP contribution in [0, 0.1) is 0 Å². The van der Waals surface area contributed by atoms with Crippen LogP contribution in [0.15, 0.2) is 47.5 Å². The summed E-state index contributed by atoms with van der Waals surface area (Å²) < 4.78 is 10.8. The Bertz CT molecular complexity index is 763. The van der Waals surface area contributed by atoms with Gasteiger partial charge in [-0.05, 0) is 42.3 Å². The molecule has 2 aromatic carbocycles. The second-order valence-electron chi connectivity index (χ2n) is 6.30. The first kappa shape index (κ1) is 21.1. The zero-order valence-electron chi connectivity index (χ0n) is 16.0. The van der Waals surface area contributed by atoms with Crippen LogP contribution in [-0.4, -0.2) is 33.4 Å². The van der Waals surface area contributed by atoms with Gasteiger partial charge in [0.25, 0.3) is 0 Å². The van der Waals surface area contributed by atoms with Crippen LogP contribution in [-0.2, 0) is 13.1 Å². The molecule has 1 heterocycles. The van der Waals surface area contributed by atoms with Crippen LogP contribution in [0.4, 0.5) is 5.69 Å². The van der Waals surface area contributed by atoms with Crippen molar-refractivity contribution in [3.8, 4) is 11.5 Å². The third-order valence-corrected chi connectivity index (χ3v) is 4.11. The van der Waals surface area contributed by atoms with Gasteiger partial charge in [-0.3, -0.25) is 0 Å². The Hall–Kier alpha value is -2.16. The number of guanidine groups is 1. The van der Waals surface area contributed by atoms with Gasteiger partial charge in [0.1, 0.15) is 0 Å². The van der Waals surface area contributed by atoms with E-state index in [4.69, 9.17) is 9.47 Å². The highest BCUT2D eigenvalue weighted by atomic mass is 127. The number of aliphatic imine (C=N–C) groups is 1. The first-order valence-corrected chi connectivity index (χ1v) is 8.82. The second kappa shape index (κ2) is 10.2. The number of nitrogens with zero attached hydrogens (tertiary/aromatic N) is 2. The Morgan fingerprint density at radius 3 is 2.41 bits per heavy atom. The molecule has 0 saturated heterocycles. The third-order valence-electron chi connectivity index (χ3n) is 4.11. The summed E-state index contributed by atoms with van der Waals surface area (Å²) >= 11 is 0. The lowest BCUT2D eigenvalue weighted by atomic mass is 10.2. The number of halogens is 1. The summed E-state index contributed by atoms with van der Waals surface area (Å²) in [6.07, 6.45) is 0. The van der Waals surface area contributed by atoms with E-state index in [0.717, 1.165) is 36.1 Å². The van der Waals surface area contributed by atoms with Gasteiger partial charge in [0.2, 0.25) is 6.79 Å². The smallest absolute Gasteiger partial charge is 0.231 e. The predicted octanol–water partition coefficient (Wildman–Crippen LogP) is 3.35. The van der Waals surface area contributed by atoms with Crippen LogP contribution in [0.2, 0.25) is 0 Å². The van der Waals surface area contributed by atoms with Gasteiger partial charge in [-0.1, -0.05) is 18.2 Å². The molecule has 0 bridgehead atoms. The van der Waals surface area contributed by atoms with Gasteiger partial charge in [-0.25, -0.2) is 4.99 Å². The fourth-order valence-corrected chi connectivity index (χ4v) is 2.65. The van der Waals surface area contributed by atoms with E-state index in [1.165, 1.54) is 11.3 Å². The zero-order valence-corrected chi connectivity index (χ0v) is 18.3. The number of fused-ring (bicyclic) bond motifs is 1. The quantitative estimate of drug-likeness (QED) is 0.376. The van der Waals surface area contributed by atoms with Crippen molar-refractivity contribution in [2.75, 3.05) is 32.3 Å². The van der Waals surface area contributed by atoms with Crippen LogP contribution < -0.4 is 25.0 Å². The fraction of sp³-hybridized carbons (Fsp3) is 0.350. The molecule has 0 saturated carbocycles. The minimum atomic E-state index is 0. The molecule has 0 fully saturated rings. The number of anilines is 1. The van der Waals surface area contributed by atoms with E-state index in [-0.39, 0.29) is 24.0 Å². The first-order chi connectivity index (χ1) is 12.7. The average Bonchev–Trinajstić information content (AvgIpc) is 3.12. The molecule has 6 nitrogen and oxygen atoms in total. The fourth-order valence-electron chi connectivity index (χ4n) is 2.65. The van der Waals surface area contributed by atoms with Gasteiger partial charge < -0.3 is 25.0 Å². The molecule has 0 amide bonds. The summed E-state index contributed by atoms with van der Waals surface area (Å²) in [6.45, 7) is 4.46. The van der Waals surface area contributed by atoms with Crippen molar-refractivity contribution in [3.05, 3.63) is 53.6 Å². The van der Waals surface area contributed by atoms with Crippen LogP contribution in [0.25, 0.3) is 0 Å². The van der Waals surface area contributed by atoms with Crippen molar-refractivity contribution < 1.29 is 9.47 Å². The molecule has 27 heavy (non-hydrogen) atoms. The van der Waals surface area contributed by atoms with Crippen molar-refractivity contribution in [3.63, 3.8) is 0 Å². The number of benzene rings is 2. The molecule has 7 heteroatoms. The summed E-state index contributed by atoms with van der Waals surface area (Å²) in [6, 6.07) is 14.4. The number of rotatable bonds is 6. The SMILES string of the molecule is CCNC(=NCc1ccc2c(c1)OCO2)NCc1ccc(N(C)C)cc1.I. The van der Waals surface area contributed by atoms with E-state index >= 15 is 0 Å². The number of hydrogen-bond donors (Lipinski definition) is 2. The molecular weight excluding hydrogens is 455 g/mol. The van der Waals surface area contributed by atoms with Crippen molar-refractivity contribution in [1.82, 2.24) is 10.6 Å². The van der Waals surface area contributed by atoms with Gasteiger partial charge >= 0.3 is 0 Å². The molecule has 2 aromatic rings. The van der Waals surface area contributed by atoms with Crippen LogP contribution >= 0.6 is 24.0 Å². The summed E-state index contributed by atoms with van der Waals surface area (Å²) in [7, 11) is 4.08. The molecule has 3 rings (SSSR count). The summed E-state index contributed by atoms with van der Waals surface area (Å²) in [4.78, 5) is 6.75. The molecule has 0 unspecified atom stereocenters. The number of ether oxygens (including phenoxy) is 2. The summed E-state index contributed by atoms with van der Waals surface area (Å²) in [5.41, 5.74) is 3.49. The first-order valence-electron chi connectivity index (χ1n) is 8.82. The highest BCUT2D eigenvalue weighted by Crippen LogP contribution is 2.32. The van der Waals surface area contributed by atoms with Crippen molar-refractivity contribution in [2.45, 2.75) is 20.0 Å². The third kappa shape index (κ3) is 5.92. The van der Waals surface area contributed by atoms with Crippen molar-refractivity contribution >= 4 is 35.6 Å². The molecule has 0 spiro atoms. The van der Waals surface area contributed by atoms with E-state index in [0.29, 0.717) is 13.3 Å². The molecular formula is C20H27IN4O2. The minimum absolute atomic E-state index is 0. The number of nitrogens with one attached hydrogen (secondary N) is 2. The van der Waals surface area contributed by atoms with E-state index < -0.39 is 0 Å². The van der Waals surface area contributed by atoms with E-state index in [9.17, 15) is 0 Å². The molecule has 0 atom stereocenters. The minimum Gasteiger partial charge on any atom is -0.454 e. The van der Waals surface area contributed by atoms with Crippen molar-refractivity contribution in [1.29, 1.82) is 0 Å². The van der Waals surface area contributed by atoms with Gasteiger partial charge in [0, 0.05) is 32.9 Å². The van der Waals surface area contributed by atoms with Crippen LogP contribution in [0.3, 0.4) is 0 Å². The van der Waals surface area contributed by atoms with Crippen LogP contribution in [0.1, 0.15) is 18.1 Å². The van der Waals surface area contributed by atoms with Gasteiger partial charge in [-0.15, -0.1) is 24.0 Å². The average molecular weight is 482 g/mol. The predicted molar refractivity (Wildman–Crippen MR) is 120 cm³/mol. The summed E-state index contributed by atoms with van der Waals surface area (Å²) in [5, 5.41) is 6.66. The molecule has 1 aliphatic heterocycles. The Balaban J connectivity index is 0.00000261. The second-order valence-corrected chi connectivity index (χ2v) is 6.30. The highest BCUT2D eigenvalue weighted by molar-refractivity contribution is 14.0. The van der Waals surface area contributed by atoms with Gasteiger partial charge in [-0.2, -0.15) is 0 Å². The lowest BCUT2D eigenvalue weighted by molar-refractivity contribution is 0.174. The largest absolute Gasteiger partial charge is 0.454 e. The van der Waals surface area contributed by atoms with E-state index in [2.05, 4.69) is 51.7 Å². The highest BCUT2D eigenvalue weighted by Gasteiger charge is 2.12. The van der Waals surface area contributed by atoms with E-state index in [1.807, 2.05) is 32.3 Å². The van der Waals surface area contributed by atoms with Crippen molar-refractivity contribution in [2.24, 2.45) is 4.99 Å². The standard InChI is InChI=1S/C20H26N4O2.HI/c1-4-21-20(22-12-15-5-8-17(9-6-15)24(2)3)23-13-16-7-10-18-19(11-16)26-14-25-18;/h5-11H,4,12-14H2,1-3H3,(H2,21,22,23);1H. The Labute approximate surface area is 178 Å². The maximum atomic E-state index is 5.42. The maximum absolute atomic E-state index is 5.42. The lowest BCUT2D eigenvalue weighted by Gasteiger charge is -2.14. The Morgan fingerprint density at radius 1 is 1.00 bits per heavy atom. The topological polar surface area (TPSA) is 58.1 Å². The number of hydrogen-bond acceptors (Lipinski definition) is 4. The maximum Gasteiger partial charge on any atom is 0.231 e. The summed E-state index contributed by atoms with van der Waals surface area (Å²) in [5.74, 6) is 2.38. The Kier molecular flexibility index (Phi) is 8.02. The van der Waals surface area contributed by atoms with E-state index in [1.54, 1.807) is 0 Å². The molecule has 146 valence electrons. The van der Waals surface area contributed by atoms with Gasteiger partial charge in [0.15, 0.2) is 17.5 Å². The van der Waals surface area contributed by atoms with Crippen LogP contribution in [0.5, 0.6) is 11.5 Å². The zero-order chi connectivity index (χ0) is 18.4. The molecule has 2 N–H and O–H groups in total. The molecule has 0 aliphatic carbocycles. The normalized spacial score (nSPS) is 12.3. The monoisotopic (exact) mass is 482 g/mol. The Morgan fingerprint density at radius 2 is 1.70 bits per heavy atom. The van der Waals surface area contributed by atoms with Gasteiger partial charge in [0.05, 0.1) is 6.54 Å². The lowest BCUT2D eigenvalue weighted by Crippen LogP contribution is -2.36. The molecule has 0 radical (unpaired) electrons. The molecule has 0 aromatic heterocycles.